The third kappa shape index (κ3) is 7.04. The van der Waals surface area contributed by atoms with Crippen LogP contribution in [0.2, 0.25) is 0 Å². The van der Waals surface area contributed by atoms with E-state index in [4.69, 9.17) is 0 Å². The molecule has 1 aliphatic rings. The number of rotatable bonds is 7. The van der Waals surface area contributed by atoms with Crippen molar-refractivity contribution >= 4 is 24.8 Å². The maximum absolute atomic E-state index is 12.2. The smallest absolute Gasteiger partial charge is 0.387 e. The van der Waals surface area contributed by atoms with Crippen LogP contribution in [0, 0.1) is 0 Å². The zero-order valence-corrected chi connectivity index (χ0v) is 14.6. The van der Waals surface area contributed by atoms with Crippen LogP contribution >= 0.6 is 24.8 Å². The summed E-state index contributed by atoms with van der Waals surface area (Å²) in [5.74, 6) is 0.205. The van der Waals surface area contributed by atoms with Gasteiger partial charge < -0.3 is 10.1 Å². The molecule has 1 atom stereocenters. The zero-order valence-electron chi connectivity index (χ0n) is 12.9. The van der Waals surface area contributed by atoms with Gasteiger partial charge in [-0.2, -0.15) is 8.78 Å². The molecule has 0 saturated carbocycles. The summed E-state index contributed by atoms with van der Waals surface area (Å²) < 4.78 is 28.8. The van der Waals surface area contributed by atoms with Gasteiger partial charge in [-0.25, -0.2) is 0 Å². The Hall–Kier alpha value is -0.880. The number of ether oxygens (including phenoxy) is 1. The molecule has 1 N–H and O–H groups in total. The minimum atomic E-state index is -2.78. The number of nitrogens with one attached hydrogen (secondary N) is 1. The number of nitrogens with zero attached hydrogens (tertiary/aromatic N) is 1. The number of alkyl halides is 2. The molecule has 2 rings (SSSR count). The van der Waals surface area contributed by atoms with Crippen molar-refractivity contribution < 1.29 is 13.5 Å². The first-order chi connectivity index (χ1) is 10.2. The first kappa shape index (κ1) is 22.1. The summed E-state index contributed by atoms with van der Waals surface area (Å²) in [5.41, 5.74) is 1.14. The Kier molecular flexibility index (Phi) is 11.2. The van der Waals surface area contributed by atoms with Crippen LogP contribution in [0.15, 0.2) is 36.9 Å². The molecule has 0 aromatic heterocycles. The molecule has 0 bridgehead atoms. The topological polar surface area (TPSA) is 24.5 Å². The third-order valence-electron chi connectivity index (χ3n) is 3.73. The van der Waals surface area contributed by atoms with Crippen molar-refractivity contribution in [3.63, 3.8) is 0 Å². The van der Waals surface area contributed by atoms with Crippen LogP contribution in [0.3, 0.4) is 0 Å². The van der Waals surface area contributed by atoms with E-state index in [1.54, 1.807) is 12.1 Å². The van der Waals surface area contributed by atoms with Crippen molar-refractivity contribution in [1.29, 1.82) is 0 Å². The van der Waals surface area contributed by atoms with E-state index in [9.17, 15) is 8.78 Å². The average molecular weight is 369 g/mol. The summed E-state index contributed by atoms with van der Waals surface area (Å²) in [6.07, 6.45) is 3.84. The van der Waals surface area contributed by atoms with Gasteiger partial charge in [0, 0.05) is 32.2 Å². The highest BCUT2D eigenvalue weighted by Crippen LogP contribution is 2.28. The Morgan fingerprint density at radius 2 is 1.78 bits per heavy atom. The summed E-state index contributed by atoms with van der Waals surface area (Å²) in [4.78, 5) is 2.43. The van der Waals surface area contributed by atoms with E-state index in [0.29, 0.717) is 6.04 Å². The van der Waals surface area contributed by atoms with Crippen LogP contribution in [0.5, 0.6) is 5.75 Å². The van der Waals surface area contributed by atoms with Gasteiger partial charge in [0.05, 0.1) is 0 Å². The Balaban J connectivity index is 0.00000242. The third-order valence-corrected chi connectivity index (χ3v) is 3.73. The maximum atomic E-state index is 12.2. The molecule has 1 aromatic rings. The van der Waals surface area contributed by atoms with Crippen molar-refractivity contribution in [3.05, 3.63) is 42.5 Å². The van der Waals surface area contributed by atoms with Crippen molar-refractivity contribution in [2.75, 3.05) is 26.2 Å². The number of halogens is 4. The minimum Gasteiger partial charge on any atom is -0.435 e. The fourth-order valence-electron chi connectivity index (χ4n) is 2.70. The van der Waals surface area contributed by atoms with Crippen LogP contribution in [-0.4, -0.2) is 37.7 Å². The molecule has 0 spiro atoms. The first-order valence-corrected chi connectivity index (χ1v) is 7.31. The van der Waals surface area contributed by atoms with Crippen molar-refractivity contribution in [3.8, 4) is 5.75 Å². The number of hydrogen-bond donors (Lipinski definition) is 1. The van der Waals surface area contributed by atoms with E-state index >= 15 is 0 Å². The SMILES string of the molecule is C=CCC[C@@H](c1ccc(OC(F)F)cc1)N1CCNCC1.Cl.Cl. The van der Waals surface area contributed by atoms with Gasteiger partial charge in [-0.3, -0.25) is 4.90 Å². The fraction of sp³-hybridized carbons (Fsp3) is 0.500. The molecule has 1 heterocycles. The molecule has 23 heavy (non-hydrogen) atoms. The number of hydrogen-bond acceptors (Lipinski definition) is 3. The molecule has 1 fully saturated rings. The molecule has 7 heteroatoms. The number of benzene rings is 1. The molecular formula is C16H24Cl2F2N2O. The molecule has 1 saturated heterocycles. The fourth-order valence-corrected chi connectivity index (χ4v) is 2.70. The maximum Gasteiger partial charge on any atom is 0.387 e. The second-order valence-corrected chi connectivity index (χ2v) is 5.12. The van der Waals surface area contributed by atoms with E-state index in [1.807, 2.05) is 18.2 Å². The van der Waals surface area contributed by atoms with E-state index in [1.165, 1.54) is 0 Å². The highest BCUT2D eigenvalue weighted by Gasteiger charge is 2.21. The molecule has 3 nitrogen and oxygen atoms in total. The summed E-state index contributed by atoms with van der Waals surface area (Å²) in [6, 6.07) is 7.29. The van der Waals surface area contributed by atoms with Gasteiger partial charge in [-0.05, 0) is 30.5 Å². The molecule has 0 radical (unpaired) electrons. The van der Waals surface area contributed by atoms with Gasteiger partial charge in [0.1, 0.15) is 5.75 Å². The summed E-state index contributed by atoms with van der Waals surface area (Å²) in [6.45, 7) is 4.97. The summed E-state index contributed by atoms with van der Waals surface area (Å²) >= 11 is 0. The Labute approximate surface area is 148 Å². The van der Waals surface area contributed by atoms with E-state index in [-0.39, 0.29) is 30.6 Å². The van der Waals surface area contributed by atoms with Gasteiger partial charge in [0.15, 0.2) is 0 Å². The second kappa shape index (κ2) is 11.6. The van der Waals surface area contributed by atoms with Crippen LogP contribution in [0.25, 0.3) is 0 Å². The lowest BCUT2D eigenvalue weighted by Crippen LogP contribution is -2.45. The molecule has 0 aliphatic carbocycles. The second-order valence-electron chi connectivity index (χ2n) is 5.12. The lowest BCUT2D eigenvalue weighted by Gasteiger charge is -2.35. The number of piperazine rings is 1. The van der Waals surface area contributed by atoms with Crippen LogP contribution < -0.4 is 10.1 Å². The number of allylic oxidation sites excluding steroid dienone is 1. The standard InChI is InChI=1S/C16H22F2N2O.2ClH/c1-2-3-4-15(20-11-9-19-10-12-20)13-5-7-14(8-6-13)21-16(17)18;;/h2,5-8,15-16,19H,1,3-4,9-12H2;2*1H/t15-;;/m0../s1. The predicted molar refractivity (Wildman–Crippen MR) is 94.2 cm³/mol. The lowest BCUT2D eigenvalue weighted by molar-refractivity contribution is -0.0498. The molecule has 0 unspecified atom stereocenters. The summed E-state index contributed by atoms with van der Waals surface area (Å²) in [7, 11) is 0. The van der Waals surface area contributed by atoms with Crippen LogP contribution in [0.4, 0.5) is 8.78 Å². The van der Waals surface area contributed by atoms with Crippen molar-refractivity contribution in [2.45, 2.75) is 25.5 Å². The van der Waals surface area contributed by atoms with Gasteiger partial charge in [-0.1, -0.05) is 18.2 Å². The molecule has 1 aliphatic heterocycles. The molecule has 132 valence electrons. The van der Waals surface area contributed by atoms with E-state index < -0.39 is 6.61 Å². The molecule has 1 aromatic carbocycles. The van der Waals surface area contributed by atoms with Crippen LogP contribution in [0.1, 0.15) is 24.4 Å². The highest BCUT2D eigenvalue weighted by atomic mass is 35.5. The van der Waals surface area contributed by atoms with Crippen molar-refractivity contribution in [2.24, 2.45) is 0 Å². The monoisotopic (exact) mass is 368 g/mol. The molecular weight excluding hydrogens is 345 g/mol. The lowest BCUT2D eigenvalue weighted by atomic mass is 9.99. The van der Waals surface area contributed by atoms with Gasteiger partial charge in [0.25, 0.3) is 0 Å². The van der Waals surface area contributed by atoms with Gasteiger partial charge in [-0.15, -0.1) is 31.4 Å². The zero-order chi connectivity index (χ0) is 15.1. The Morgan fingerprint density at radius 1 is 1.17 bits per heavy atom. The van der Waals surface area contributed by atoms with Gasteiger partial charge >= 0.3 is 6.61 Å². The Bertz CT molecular complexity index is 440. The van der Waals surface area contributed by atoms with Crippen LogP contribution in [-0.2, 0) is 0 Å². The summed E-state index contributed by atoms with van der Waals surface area (Å²) in [5, 5.41) is 3.34. The van der Waals surface area contributed by atoms with E-state index in [0.717, 1.165) is 44.6 Å². The minimum absolute atomic E-state index is 0. The Morgan fingerprint density at radius 3 is 2.30 bits per heavy atom. The first-order valence-electron chi connectivity index (χ1n) is 7.31. The predicted octanol–water partition coefficient (Wildman–Crippen LogP) is 4.04. The van der Waals surface area contributed by atoms with E-state index in [2.05, 4.69) is 21.5 Å². The van der Waals surface area contributed by atoms with Gasteiger partial charge in [0.2, 0.25) is 0 Å². The highest BCUT2D eigenvalue weighted by molar-refractivity contribution is 5.85. The van der Waals surface area contributed by atoms with Crippen molar-refractivity contribution in [1.82, 2.24) is 10.2 Å². The normalized spacial score (nSPS) is 16.1. The molecule has 0 amide bonds. The largest absolute Gasteiger partial charge is 0.435 e. The average Bonchev–Trinajstić information content (AvgIpc) is 2.50. The quantitative estimate of drug-likeness (QED) is 0.734.